The standard InChI is InChI=1S/C17H26N2OS/c1-18(17(20)13-14-7-6-12-21-14)15-8-2-3-9-16(15)19-10-4-5-11-19/h6-7,12,15-16H,2-5,8-11,13H2,1H3/t15-,16?/m1/s1. The first-order valence-corrected chi connectivity index (χ1v) is 9.16. The van der Waals surface area contributed by atoms with E-state index in [0.717, 1.165) is 0 Å². The average molecular weight is 306 g/mol. The van der Waals surface area contributed by atoms with Gasteiger partial charge in [0.05, 0.1) is 6.42 Å². The highest BCUT2D eigenvalue weighted by Crippen LogP contribution is 2.29. The van der Waals surface area contributed by atoms with Gasteiger partial charge in [0.15, 0.2) is 0 Å². The second-order valence-electron chi connectivity index (χ2n) is 6.42. The molecule has 2 aliphatic rings. The summed E-state index contributed by atoms with van der Waals surface area (Å²) in [5.41, 5.74) is 0. The van der Waals surface area contributed by atoms with Crippen molar-refractivity contribution in [3.63, 3.8) is 0 Å². The first-order valence-electron chi connectivity index (χ1n) is 8.28. The molecule has 2 fully saturated rings. The molecular weight excluding hydrogens is 280 g/mol. The molecule has 1 aliphatic heterocycles. The molecule has 4 heteroatoms. The molecule has 1 saturated heterocycles. The molecule has 0 aromatic carbocycles. The number of hydrogen-bond acceptors (Lipinski definition) is 3. The lowest BCUT2D eigenvalue weighted by atomic mass is 9.88. The molecule has 3 rings (SSSR count). The van der Waals surface area contributed by atoms with E-state index in [1.54, 1.807) is 11.3 Å². The zero-order chi connectivity index (χ0) is 14.7. The van der Waals surface area contributed by atoms with E-state index in [-0.39, 0.29) is 5.91 Å². The quantitative estimate of drug-likeness (QED) is 0.853. The Labute approximate surface area is 131 Å². The molecule has 0 N–H and O–H groups in total. The van der Waals surface area contributed by atoms with Gasteiger partial charge < -0.3 is 4.90 Å². The molecule has 1 aromatic heterocycles. The van der Waals surface area contributed by atoms with Crippen molar-refractivity contribution in [3.05, 3.63) is 22.4 Å². The zero-order valence-electron chi connectivity index (χ0n) is 13.0. The number of amides is 1. The van der Waals surface area contributed by atoms with Crippen molar-refractivity contribution in [2.24, 2.45) is 0 Å². The number of carbonyl (C=O) groups excluding carboxylic acids is 1. The minimum Gasteiger partial charge on any atom is -0.341 e. The summed E-state index contributed by atoms with van der Waals surface area (Å²) in [5.74, 6) is 0.286. The van der Waals surface area contributed by atoms with Crippen LogP contribution < -0.4 is 0 Å². The summed E-state index contributed by atoms with van der Waals surface area (Å²) >= 11 is 1.68. The topological polar surface area (TPSA) is 23.6 Å². The van der Waals surface area contributed by atoms with E-state index in [4.69, 9.17) is 0 Å². The van der Waals surface area contributed by atoms with Crippen LogP contribution >= 0.6 is 11.3 Å². The summed E-state index contributed by atoms with van der Waals surface area (Å²) in [6.45, 7) is 2.46. The molecule has 0 spiro atoms. The van der Waals surface area contributed by atoms with Gasteiger partial charge in [0.2, 0.25) is 5.91 Å². The Morgan fingerprint density at radius 3 is 2.76 bits per heavy atom. The van der Waals surface area contributed by atoms with E-state index in [2.05, 4.69) is 21.2 Å². The Morgan fingerprint density at radius 2 is 2.05 bits per heavy atom. The molecule has 0 bridgehead atoms. The van der Waals surface area contributed by atoms with E-state index in [9.17, 15) is 4.79 Å². The van der Waals surface area contributed by atoms with Gasteiger partial charge in [-0.3, -0.25) is 9.69 Å². The predicted molar refractivity (Wildman–Crippen MR) is 87.6 cm³/mol. The number of hydrogen-bond donors (Lipinski definition) is 0. The van der Waals surface area contributed by atoms with Crippen LogP contribution in [0, 0.1) is 0 Å². The average Bonchev–Trinajstić information content (AvgIpc) is 3.19. The largest absolute Gasteiger partial charge is 0.341 e. The van der Waals surface area contributed by atoms with E-state index >= 15 is 0 Å². The van der Waals surface area contributed by atoms with Crippen LogP contribution in [0.4, 0.5) is 0 Å². The van der Waals surface area contributed by atoms with Crippen LogP contribution in [-0.4, -0.2) is 47.9 Å². The summed E-state index contributed by atoms with van der Waals surface area (Å²) < 4.78 is 0. The number of thiophene rings is 1. The fourth-order valence-corrected chi connectivity index (χ4v) is 4.61. The molecule has 1 aromatic rings. The van der Waals surface area contributed by atoms with Gasteiger partial charge in [-0.05, 0) is 50.2 Å². The normalized spacial score (nSPS) is 26.9. The van der Waals surface area contributed by atoms with Crippen LogP contribution in [-0.2, 0) is 11.2 Å². The highest BCUT2D eigenvalue weighted by Gasteiger charge is 2.35. The molecule has 1 amide bonds. The highest BCUT2D eigenvalue weighted by atomic mass is 32.1. The molecular formula is C17H26N2OS. The third-order valence-corrected chi connectivity index (χ3v) is 5.98. The van der Waals surface area contributed by atoms with Crippen LogP contribution in [0.1, 0.15) is 43.4 Å². The van der Waals surface area contributed by atoms with Crippen molar-refractivity contribution in [1.29, 1.82) is 0 Å². The third kappa shape index (κ3) is 3.49. The molecule has 1 aliphatic carbocycles. The molecule has 21 heavy (non-hydrogen) atoms. The van der Waals surface area contributed by atoms with Crippen molar-refractivity contribution in [3.8, 4) is 0 Å². The lowest BCUT2D eigenvalue weighted by Crippen LogP contribution is -2.53. The van der Waals surface area contributed by atoms with Crippen molar-refractivity contribution < 1.29 is 4.79 Å². The Hall–Kier alpha value is -0.870. The van der Waals surface area contributed by atoms with Gasteiger partial charge in [0, 0.05) is 24.0 Å². The van der Waals surface area contributed by atoms with Crippen LogP contribution in [0.5, 0.6) is 0 Å². The maximum atomic E-state index is 12.6. The van der Waals surface area contributed by atoms with Gasteiger partial charge in [-0.15, -0.1) is 11.3 Å². The molecule has 0 radical (unpaired) electrons. The van der Waals surface area contributed by atoms with E-state index < -0.39 is 0 Å². The Morgan fingerprint density at radius 1 is 1.29 bits per heavy atom. The molecule has 116 valence electrons. The number of likely N-dealkylation sites (N-methyl/N-ethyl adjacent to an activating group) is 1. The summed E-state index contributed by atoms with van der Waals surface area (Å²) in [5, 5.41) is 2.05. The number of likely N-dealkylation sites (tertiary alicyclic amines) is 1. The SMILES string of the molecule is CN(C(=O)Cc1cccs1)[C@@H]1CCCCC1N1CCCC1. The third-order valence-electron chi connectivity index (χ3n) is 5.10. The summed E-state index contributed by atoms with van der Waals surface area (Å²) in [6, 6.07) is 5.11. The monoisotopic (exact) mass is 306 g/mol. The lowest BCUT2D eigenvalue weighted by Gasteiger charge is -2.42. The maximum Gasteiger partial charge on any atom is 0.227 e. The first-order chi connectivity index (χ1) is 10.3. The second-order valence-corrected chi connectivity index (χ2v) is 7.46. The van der Waals surface area contributed by atoms with Crippen LogP contribution in [0.15, 0.2) is 17.5 Å². The number of carbonyl (C=O) groups is 1. The molecule has 3 nitrogen and oxygen atoms in total. The van der Waals surface area contributed by atoms with Gasteiger partial charge in [-0.25, -0.2) is 0 Å². The lowest BCUT2D eigenvalue weighted by molar-refractivity contribution is -0.133. The Kier molecular flexibility index (Phi) is 4.96. The fourth-order valence-electron chi connectivity index (χ4n) is 3.91. The van der Waals surface area contributed by atoms with Crippen LogP contribution in [0.3, 0.4) is 0 Å². The second kappa shape index (κ2) is 6.93. The molecule has 2 heterocycles. The maximum absolute atomic E-state index is 12.6. The Balaban J connectivity index is 1.65. The van der Waals surface area contributed by atoms with Gasteiger partial charge in [-0.2, -0.15) is 0 Å². The van der Waals surface area contributed by atoms with Crippen LogP contribution in [0.2, 0.25) is 0 Å². The van der Waals surface area contributed by atoms with E-state index in [1.807, 2.05) is 13.1 Å². The van der Waals surface area contributed by atoms with Crippen LogP contribution in [0.25, 0.3) is 0 Å². The van der Waals surface area contributed by atoms with E-state index in [0.29, 0.717) is 18.5 Å². The highest BCUT2D eigenvalue weighted by molar-refractivity contribution is 7.10. The zero-order valence-corrected chi connectivity index (χ0v) is 13.8. The number of rotatable bonds is 4. The van der Waals surface area contributed by atoms with Gasteiger partial charge in [-0.1, -0.05) is 18.9 Å². The van der Waals surface area contributed by atoms with Crippen molar-refractivity contribution >= 4 is 17.2 Å². The van der Waals surface area contributed by atoms with E-state index in [1.165, 1.54) is 56.5 Å². The predicted octanol–water partition coefficient (Wildman–Crippen LogP) is 3.16. The van der Waals surface area contributed by atoms with Gasteiger partial charge in [0.1, 0.15) is 0 Å². The Bertz CT molecular complexity index is 453. The van der Waals surface area contributed by atoms with Crippen molar-refractivity contribution in [2.45, 2.75) is 57.0 Å². The molecule has 1 saturated carbocycles. The molecule has 2 atom stereocenters. The summed E-state index contributed by atoms with van der Waals surface area (Å²) in [7, 11) is 2.02. The van der Waals surface area contributed by atoms with Crippen molar-refractivity contribution in [1.82, 2.24) is 9.80 Å². The van der Waals surface area contributed by atoms with Gasteiger partial charge >= 0.3 is 0 Å². The summed E-state index contributed by atoms with van der Waals surface area (Å²) in [6.07, 6.45) is 8.26. The summed E-state index contributed by atoms with van der Waals surface area (Å²) in [4.78, 5) is 18.5. The molecule has 1 unspecified atom stereocenters. The van der Waals surface area contributed by atoms with Crippen molar-refractivity contribution in [2.75, 3.05) is 20.1 Å². The fraction of sp³-hybridized carbons (Fsp3) is 0.706. The number of nitrogens with zero attached hydrogens (tertiary/aromatic N) is 2. The minimum absolute atomic E-state index is 0.286. The van der Waals surface area contributed by atoms with Gasteiger partial charge in [0.25, 0.3) is 0 Å². The first kappa shape index (κ1) is 15.0. The minimum atomic E-state index is 0.286. The smallest absolute Gasteiger partial charge is 0.227 e.